The third-order valence-electron chi connectivity index (χ3n) is 3.97. The van der Waals surface area contributed by atoms with Crippen molar-refractivity contribution in [2.45, 2.75) is 6.42 Å². The topological polar surface area (TPSA) is 74.5 Å². The summed E-state index contributed by atoms with van der Waals surface area (Å²) >= 11 is 1.56. The number of imidazole rings is 1. The van der Waals surface area contributed by atoms with Gasteiger partial charge in [-0.05, 0) is 24.1 Å². The van der Waals surface area contributed by atoms with Gasteiger partial charge in [-0.25, -0.2) is 9.36 Å². The number of aromatic nitrogens is 2. The van der Waals surface area contributed by atoms with Crippen molar-refractivity contribution in [3.05, 3.63) is 70.6 Å². The van der Waals surface area contributed by atoms with E-state index in [1.165, 1.54) is 5.56 Å². The summed E-state index contributed by atoms with van der Waals surface area (Å²) in [5, 5.41) is 12.6. The van der Waals surface area contributed by atoms with Crippen LogP contribution < -0.4 is 11.0 Å². The maximum atomic E-state index is 12.2. The highest BCUT2D eigenvalue weighted by atomic mass is 32.2. The Morgan fingerprint density at radius 2 is 1.88 bits per heavy atom. The van der Waals surface area contributed by atoms with E-state index in [2.05, 4.69) is 32.6 Å². The van der Waals surface area contributed by atoms with Crippen LogP contribution in [0.15, 0.2) is 69.6 Å². The van der Waals surface area contributed by atoms with E-state index in [0.717, 1.165) is 29.2 Å². The van der Waals surface area contributed by atoms with Crippen molar-refractivity contribution in [1.82, 2.24) is 14.9 Å². The minimum absolute atomic E-state index is 0.184. The van der Waals surface area contributed by atoms with Crippen LogP contribution in [0, 0.1) is 0 Å². The van der Waals surface area contributed by atoms with Gasteiger partial charge in [0.05, 0.1) is 16.8 Å². The summed E-state index contributed by atoms with van der Waals surface area (Å²) in [7, 11) is 0. The zero-order valence-corrected chi connectivity index (χ0v) is 14.3. The fourth-order valence-corrected chi connectivity index (χ4v) is 3.51. The van der Waals surface area contributed by atoms with Gasteiger partial charge in [0.2, 0.25) is 0 Å². The van der Waals surface area contributed by atoms with Crippen molar-refractivity contribution in [2.24, 2.45) is 10.2 Å². The summed E-state index contributed by atoms with van der Waals surface area (Å²) in [4.78, 5) is 15.0. The fourth-order valence-electron chi connectivity index (χ4n) is 2.76. The second-order valence-corrected chi connectivity index (χ2v) is 6.62. The monoisotopic (exact) mass is 351 g/mol. The Bertz CT molecular complexity index is 1000. The number of hydrogen-bond donors (Lipinski definition) is 2. The molecule has 0 atom stereocenters. The maximum Gasteiger partial charge on any atom is 0.332 e. The van der Waals surface area contributed by atoms with E-state index in [0.29, 0.717) is 11.6 Å². The summed E-state index contributed by atoms with van der Waals surface area (Å²) in [5.74, 6) is 1.24. The fraction of sp³-hybridized carbons (Fsp3) is 0.167. The smallest absolute Gasteiger partial charge is 0.332 e. The molecule has 0 saturated heterocycles. The van der Waals surface area contributed by atoms with Crippen LogP contribution in [0.1, 0.15) is 5.56 Å². The number of nitrogens with one attached hydrogen (secondary N) is 2. The largest absolute Gasteiger partial charge is 0.363 e. The molecule has 0 bridgehead atoms. The number of para-hydroxylation sites is 2. The number of thioether (sulfide) groups is 1. The summed E-state index contributed by atoms with van der Waals surface area (Å²) < 4.78 is 1.59. The molecule has 25 heavy (non-hydrogen) atoms. The molecule has 126 valence electrons. The summed E-state index contributed by atoms with van der Waals surface area (Å²) in [6.45, 7) is 0.799. The normalized spacial score (nSPS) is 14.2. The summed E-state index contributed by atoms with van der Waals surface area (Å²) in [5.41, 5.74) is 2.72. The van der Waals surface area contributed by atoms with Crippen LogP contribution in [-0.4, -0.2) is 32.9 Å². The van der Waals surface area contributed by atoms with Gasteiger partial charge in [-0.2, -0.15) is 0 Å². The van der Waals surface area contributed by atoms with E-state index in [9.17, 15) is 4.79 Å². The van der Waals surface area contributed by atoms with Crippen LogP contribution in [-0.2, 0) is 6.42 Å². The molecule has 1 aromatic heterocycles. The predicted octanol–water partition coefficient (Wildman–Crippen LogP) is 2.43. The molecule has 0 unspecified atom stereocenters. The maximum absolute atomic E-state index is 12.2. The molecule has 3 aromatic rings. The number of fused-ring (bicyclic) bond motifs is 1. The quantitative estimate of drug-likeness (QED) is 0.761. The standard InChI is InChI=1S/C18H17N5OS/c24-18-20-14-8-4-5-9-15(14)23(18)16-12-25-17(22-21-16)19-11-10-13-6-2-1-3-7-13/h1-9H,10-12H2,(H,19,22)(H,20,24). The lowest BCUT2D eigenvalue weighted by Gasteiger charge is -2.14. The third-order valence-corrected chi connectivity index (χ3v) is 4.88. The average Bonchev–Trinajstić information content (AvgIpc) is 2.99. The molecule has 2 aromatic carbocycles. The number of aromatic amines is 1. The Morgan fingerprint density at radius 1 is 1.08 bits per heavy atom. The lowest BCUT2D eigenvalue weighted by molar-refractivity contribution is 0.868. The van der Waals surface area contributed by atoms with Crippen LogP contribution in [0.5, 0.6) is 0 Å². The van der Waals surface area contributed by atoms with Crippen molar-refractivity contribution in [1.29, 1.82) is 0 Å². The number of H-pyrrole nitrogens is 1. The molecule has 0 radical (unpaired) electrons. The Morgan fingerprint density at radius 3 is 2.68 bits per heavy atom. The van der Waals surface area contributed by atoms with Crippen LogP contribution >= 0.6 is 11.8 Å². The molecule has 2 heterocycles. The van der Waals surface area contributed by atoms with Gasteiger partial charge in [0.1, 0.15) is 0 Å². The van der Waals surface area contributed by atoms with Gasteiger partial charge < -0.3 is 10.3 Å². The van der Waals surface area contributed by atoms with Crippen molar-refractivity contribution < 1.29 is 0 Å². The number of amidine groups is 1. The van der Waals surface area contributed by atoms with E-state index in [-0.39, 0.29) is 5.69 Å². The van der Waals surface area contributed by atoms with Crippen LogP contribution in [0.3, 0.4) is 0 Å². The van der Waals surface area contributed by atoms with Crippen LogP contribution in [0.4, 0.5) is 0 Å². The first-order valence-corrected chi connectivity index (χ1v) is 9.05. The van der Waals surface area contributed by atoms with E-state index >= 15 is 0 Å². The lowest BCUT2D eigenvalue weighted by Crippen LogP contribution is -2.31. The molecule has 0 spiro atoms. The Hall–Kier alpha value is -2.80. The zero-order valence-electron chi connectivity index (χ0n) is 13.5. The predicted molar refractivity (Wildman–Crippen MR) is 103 cm³/mol. The molecule has 0 aliphatic carbocycles. The van der Waals surface area contributed by atoms with Gasteiger partial charge in [0.15, 0.2) is 11.0 Å². The van der Waals surface area contributed by atoms with Crippen LogP contribution in [0.2, 0.25) is 0 Å². The minimum Gasteiger partial charge on any atom is -0.363 e. The van der Waals surface area contributed by atoms with Gasteiger partial charge in [0.25, 0.3) is 0 Å². The second-order valence-electron chi connectivity index (χ2n) is 5.66. The van der Waals surface area contributed by atoms with E-state index < -0.39 is 0 Å². The molecule has 0 saturated carbocycles. The molecular weight excluding hydrogens is 334 g/mol. The van der Waals surface area contributed by atoms with Gasteiger partial charge in [-0.15, -0.1) is 10.2 Å². The second kappa shape index (κ2) is 6.98. The van der Waals surface area contributed by atoms with Gasteiger partial charge >= 0.3 is 5.69 Å². The molecule has 0 fully saturated rings. The number of hydrogen-bond acceptors (Lipinski definition) is 5. The van der Waals surface area contributed by atoms with Gasteiger partial charge in [-0.1, -0.05) is 54.2 Å². The van der Waals surface area contributed by atoms with E-state index in [1.54, 1.807) is 16.3 Å². The highest BCUT2D eigenvalue weighted by molar-refractivity contribution is 8.14. The summed E-state index contributed by atoms with van der Waals surface area (Å²) in [6, 6.07) is 17.9. The molecule has 6 nitrogen and oxygen atoms in total. The highest BCUT2D eigenvalue weighted by Gasteiger charge is 2.16. The molecule has 0 amide bonds. The zero-order chi connectivity index (χ0) is 17.1. The van der Waals surface area contributed by atoms with Crippen molar-refractivity contribution in [3.8, 4) is 0 Å². The first-order chi connectivity index (χ1) is 12.3. The molecule has 1 aliphatic heterocycles. The number of nitrogens with zero attached hydrogens (tertiary/aromatic N) is 3. The molecule has 2 N–H and O–H groups in total. The van der Waals surface area contributed by atoms with Crippen molar-refractivity contribution >= 4 is 33.8 Å². The van der Waals surface area contributed by atoms with E-state index in [4.69, 9.17) is 0 Å². The van der Waals surface area contributed by atoms with Crippen molar-refractivity contribution in [3.63, 3.8) is 0 Å². The lowest BCUT2D eigenvalue weighted by atomic mass is 10.2. The Labute approximate surface area is 148 Å². The minimum atomic E-state index is -0.184. The van der Waals surface area contributed by atoms with Crippen molar-refractivity contribution in [2.75, 3.05) is 12.3 Å². The number of benzene rings is 2. The first kappa shape index (κ1) is 15.7. The van der Waals surface area contributed by atoms with Gasteiger partial charge in [0, 0.05) is 6.54 Å². The molecule has 4 rings (SSSR count). The SMILES string of the molecule is O=c1[nH]c2ccccc2n1C1=NN=C(NCCc2ccccc2)SC1. The third kappa shape index (κ3) is 3.36. The average molecular weight is 351 g/mol. The molecule has 1 aliphatic rings. The first-order valence-electron chi connectivity index (χ1n) is 8.06. The van der Waals surface area contributed by atoms with E-state index in [1.807, 2.05) is 42.5 Å². The Balaban J connectivity index is 1.47. The molecular formula is C18H17N5OS. The number of rotatable bonds is 3. The Kier molecular flexibility index (Phi) is 4.39. The van der Waals surface area contributed by atoms with Gasteiger partial charge in [-0.3, -0.25) is 0 Å². The summed E-state index contributed by atoms with van der Waals surface area (Å²) in [6.07, 6.45) is 0.929. The molecule has 7 heteroatoms. The highest BCUT2D eigenvalue weighted by Crippen LogP contribution is 2.14. The van der Waals surface area contributed by atoms with Crippen LogP contribution in [0.25, 0.3) is 11.0 Å².